The van der Waals surface area contributed by atoms with Crippen LogP contribution in [0.3, 0.4) is 0 Å². The van der Waals surface area contributed by atoms with Crippen molar-refractivity contribution in [3.63, 3.8) is 0 Å². The molecule has 4 rings (SSSR count). The number of alkyl halides is 3. The van der Waals surface area contributed by atoms with Gasteiger partial charge in [0.1, 0.15) is 0 Å². The van der Waals surface area contributed by atoms with Gasteiger partial charge in [0.2, 0.25) is 0 Å². The number of hydrogen-bond donors (Lipinski definition) is 0. The number of hydrogen-bond acceptors (Lipinski definition) is 1. The second-order valence-corrected chi connectivity index (χ2v) is 7.85. The standard InChI is InChI=1S/C24H25F3N2/c1-17-7-3-8-18(2)21(17)16-29-14-6-13-28-12-5-11-22(28)23(29)19-9-4-10-20(15-19)24(25,26)27/h3-5,7-12,15,23H,6,13-14,16H2,1-2H3. The summed E-state index contributed by atoms with van der Waals surface area (Å²) in [6, 6.07) is 15.9. The Morgan fingerprint density at radius 1 is 0.931 bits per heavy atom. The van der Waals surface area contributed by atoms with Crippen molar-refractivity contribution in [1.82, 2.24) is 9.47 Å². The van der Waals surface area contributed by atoms with Gasteiger partial charge in [0, 0.05) is 31.5 Å². The van der Waals surface area contributed by atoms with E-state index in [1.165, 1.54) is 28.8 Å². The van der Waals surface area contributed by atoms with Crippen molar-refractivity contribution in [2.45, 2.75) is 45.6 Å². The zero-order chi connectivity index (χ0) is 20.6. The molecule has 0 fully saturated rings. The van der Waals surface area contributed by atoms with Crippen LogP contribution in [0, 0.1) is 13.8 Å². The Hall–Kier alpha value is -2.53. The third kappa shape index (κ3) is 3.97. The van der Waals surface area contributed by atoms with Crippen LogP contribution >= 0.6 is 0 Å². The third-order valence-electron chi connectivity index (χ3n) is 5.89. The Morgan fingerprint density at radius 3 is 2.38 bits per heavy atom. The first-order chi connectivity index (χ1) is 13.8. The molecular formula is C24H25F3N2. The number of rotatable bonds is 3. The summed E-state index contributed by atoms with van der Waals surface area (Å²) >= 11 is 0. The maximum atomic E-state index is 13.4. The van der Waals surface area contributed by atoms with Gasteiger partial charge in [-0.2, -0.15) is 13.2 Å². The molecule has 3 aromatic rings. The summed E-state index contributed by atoms with van der Waals surface area (Å²) in [7, 11) is 0. The fourth-order valence-corrected chi connectivity index (χ4v) is 4.38. The molecule has 0 radical (unpaired) electrons. The molecule has 0 amide bonds. The lowest BCUT2D eigenvalue weighted by molar-refractivity contribution is -0.137. The summed E-state index contributed by atoms with van der Waals surface area (Å²) < 4.78 is 42.3. The summed E-state index contributed by atoms with van der Waals surface area (Å²) in [5.41, 5.74) is 4.83. The first-order valence-corrected chi connectivity index (χ1v) is 9.96. The highest BCUT2D eigenvalue weighted by molar-refractivity contribution is 5.36. The summed E-state index contributed by atoms with van der Waals surface area (Å²) in [6.45, 7) is 6.62. The van der Waals surface area contributed by atoms with Crippen molar-refractivity contribution >= 4 is 0 Å². The van der Waals surface area contributed by atoms with E-state index >= 15 is 0 Å². The van der Waals surface area contributed by atoms with Gasteiger partial charge in [0.25, 0.3) is 0 Å². The molecule has 0 bridgehead atoms. The molecule has 0 aliphatic carbocycles. The van der Waals surface area contributed by atoms with Crippen LogP contribution < -0.4 is 0 Å². The molecule has 0 spiro atoms. The van der Waals surface area contributed by atoms with Crippen molar-refractivity contribution in [2.24, 2.45) is 0 Å². The second-order valence-electron chi connectivity index (χ2n) is 7.85. The van der Waals surface area contributed by atoms with Crippen molar-refractivity contribution in [3.8, 4) is 0 Å². The Bertz CT molecular complexity index is 983. The Balaban J connectivity index is 1.80. The van der Waals surface area contributed by atoms with Crippen LogP contribution in [-0.2, 0) is 19.3 Å². The summed E-state index contributed by atoms with van der Waals surface area (Å²) in [4.78, 5) is 2.32. The highest BCUT2D eigenvalue weighted by atomic mass is 19.4. The highest BCUT2D eigenvalue weighted by Gasteiger charge is 2.33. The van der Waals surface area contributed by atoms with Crippen molar-refractivity contribution in [1.29, 1.82) is 0 Å². The predicted molar refractivity (Wildman–Crippen MR) is 109 cm³/mol. The van der Waals surface area contributed by atoms with Crippen molar-refractivity contribution < 1.29 is 13.2 Å². The van der Waals surface area contributed by atoms with E-state index in [1.807, 2.05) is 30.5 Å². The number of aromatic nitrogens is 1. The molecule has 2 heterocycles. The molecule has 1 aliphatic heterocycles. The van der Waals surface area contributed by atoms with Gasteiger partial charge in [0.05, 0.1) is 11.6 Å². The molecule has 0 saturated carbocycles. The second kappa shape index (κ2) is 7.71. The van der Waals surface area contributed by atoms with Gasteiger partial charge in [-0.3, -0.25) is 4.90 Å². The number of nitrogens with zero attached hydrogens (tertiary/aromatic N) is 2. The van der Waals surface area contributed by atoms with E-state index in [-0.39, 0.29) is 6.04 Å². The molecule has 0 N–H and O–H groups in total. The number of aryl methyl sites for hydroxylation is 3. The average Bonchev–Trinajstić information content (AvgIpc) is 3.05. The maximum Gasteiger partial charge on any atom is 0.416 e. The maximum absolute atomic E-state index is 13.4. The Morgan fingerprint density at radius 2 is 1.66 bits per heavy atom. The largest absolute Gasteiger partial charge is 0.416 e. The lowest BCUT2D eigenvalue weighted by Crippen LogP contribution is -2.30. The van der Waals surface area contributed by atoms with Gasteiger partial charge in [0.15, 0.2) is 0 Å². The van der Waals surface area contributed by atoms with E-state index in [1.54, 1.807) is 0 Å². The number of halogens is 3. The fraction of sp³-hybridized carbons (Fsp3) is 0.333. The average molecular weight is 398 g/mol. The highest BCUT2D eigenvalue weighted by Crippen LogP contribution is 2.37. The van der Waals surface area contributed by atoms with Crippen molar-refractivity contribution in [3.05, 3.63) is 94.3 Å². The van der Waals surface area contributed by atoms with Crippen molar-refractivity contribution in [2.75, 3.05) is 6.54 Å². The predicted octanol–water partition coefficient (Wildman–Crippen LogP) is 6.12. The Labute approximate surface area is 169 Å². The van der Waals surface area contributed by atoms with E-state index in [0.717, 1.165) is 31.3 Å². The molecule has 0 saturated heterocycles. The van der Waals surface area contributed by atoms with Gasteiger partial charge in [-0.25, -0.2) is 0 Å². The molecule has 29 heavy (non-hydrogen) atoms. The molecule has 1 unspecified atom stereocenters. The van der Waals surface area contributed by atoms with Crippen LogP contribution in [-0.4, -0.2) is 16.0 Å². The van der Waals surface area contributed by atoms with Gasteiger partial charge in [-0.1, -0.05) is 30.3 Å². The minimum Gasteiger partial charge on any atom is -0.350 e. The van der Waals surface area contributed by atoms with Crippen LogP contribution in [0.1, 0.15) is 46.0 Å². The molecule has 2 aromatic carbocycles. The monoisotopic (exact) mass is 398 g/mol. The van der Waals surface area contributed by atoms with Crippen LogP contribution in [0.2, 0.25) is 0 Å². The van der Waals surface area contributed by atoms with E-state index in [9.17, 15) is 13.2 Å². The molecule has 2 nitrogen and oxygen atoms in total. The van der Waals surface area contributed by atoms with Crippen LogP contribution in [0.15, 0.2) is 60.8 Å². The summed E-state index contributed by atoms with van der Waals surface area (Å²) in [5.74, 6) is 0. The smallest absolute Gasteiger partial charge is 0.350 e. The minimum atomic E-state index is -4.35. The van der Waals surface area contributed by atoms with Gasteiger partial charge in [-0.05, 0) is 66.8 Å². The SMILES string of the molecule is Cc1cccc(C)c1CN1CCCn2cccc2C1c1cccc(C(F)(F)F)c1. The topological polar surface area (TPSA) is 8.17 Å². The van der Waals surface area contributed by atoms with Crippen LogP contribution in [0.25, 0.3) is 0 Å². The zero-order valence-electron chi connectivity index (χ0n) is 16.7. The lowest BCUT2D eigenvalue weighted by atomic mass is 9.97. The van der Waals surface area contributed by atoms with Crippen LogP contribution in [0.4, 0.5) is 13.2 Å². The number of fused-ring (bicyclic) bond motifs is 1. The van der Waals surface area contributed by atoms with Gasteiger partial charge < -0.3 is 4.57 Å². The minimum absolute atomic E-state index is 0.214. The quantitative estimate of drug-likeness (QED) is 0.516. The third-order valence-corrected chi connectivity index (χ3v) is 5.89. The Kier molecular flexibility index (Phi) is 5.26. The first-order valence-electron chi connectivity index (χ1n) is 9.96. The molecule has 1 atom stereocenters. The lowest BCUT2D eigenvalue weighted by Gasteiger charge is -2.32. The molecule has 1 aromatic heterocycles. The van der Waals surface area contributed by atoms with Crippen LogP contribution in [0.5, 0.6) is 0 Å². The fourth-order valence-electron chi connectivity index (χ4n) is 4.38. The van der Waals surface area contributed by atoms with Gasteiger partial charge in [-0.15, -0.1) is 0 Å². The molecule has 5 heteroatoms. The normalized spacial score (nSPS) is 17.8. The van der Waals surface area contributed by atoms with E-state index in [4.69, 9.17) is 0 Å². The number of benzene rings is 2. The summed E-state index contributed by atoms with van der Waals surface area (Å²) in [5, 5.41) is 0. The first kappa shape index (κ1) is 19.8. The molecule has 1 aliphatic rings. The zero-order valence-corrected chi connectivity index (χ0v) is 16.7. The van der Waals surface area contributed by atoms with E-state index in [0.29, 0.717) is 12.1 Å². The molecular weight excluding hydrogens is 373 g/mol. The summed E-state index contributed by atoms with van der Waals surface area (Å²) in [6.07, 6.45) is -1.36. The van der Waals surface area contributed by atoms with E-state index in [2.05, 4.69) is 35.4 Å². The van der Waals surface area contributed by atoms with E-state index < -0.39 is 11.7 Å². The van der Waals surface area contributed by atoms with Gasteiger partial charge >= 0.3 is 6.18 Å². The molecule has 152 valence electrons.